The Labute approximate surface area is 142 Å². The van der Waals surface area contributed by atoms with Crippen LogP contribution in [-0.2, 0) is 4.79 Å². The predicted octanol–water partition coefficient (Wildman–Crippen LogP) is 3.38. The minimum absolute atomic E-state index is 0.166. The van der Waals surface area contributed by atoms with Gasteiger partial charge in [0.2, 0.25) is 0 Å². The second kappa shape index (κ2) is 8.17. The number of carbonyl (C=O) groups excluding carboxylic acids is 1. The number of amides is 1. The first-order chi connectivity index (χ1) is 11.0. The van der Waals surface area contributed by atoms with E-state index in [9.17, 15) is 13.6 Å². The van der Waals surface area contributed by atoms with E-state index in [1.165, 1.54) is 6.07 Å². The van der Waals surface area contributed by atoms with E-state index in [4.69, 9.17) is 0 Å². The summed E-state index contributed by atoms with van der Waals surface area (Å²) < 4.78 is 27.0. The van der Waals surface area contributed by atoms with Crippen molar-refractivity contribution in [3.05, 3.63) is 64.1 Å². The number of nitrogens with two attached hydrogens (primary N) is 1. The molecule has 2 rings (SSSR count). The topological polar surface area (TPSA) is 45.7 Å². The van der Waals surface area contributed by atoms with E-state index in [2.05, 4.69) is 28.2 Å². The van der Waals surface area contributed by atoms with Crippen LogP contribution in [-0.4, -0.2) is 12.5 Å². The van der Waals surface area contributed by atoms with Crippen LogP contribution in [0, 0.1) is 11.6 Å². The second-order valence-corrected chi connectivity index (χ2v) is 6.10. The highest BCUT2D eigenvalue weighted by Gasteiger charge is 2.15. The highest BCUT2D eigenvalue weighted by Crippen LogP contribution is 2.16. The van der Waals surface area contributed by atoms with Crippen molar-refractivity contribution < 1.29 is 18.9 Å². The maximum atomic E-state index is 13.1. The van der Waals surface area contributed by atoms with Gasteiger partial charge in [0, 0.05) is 28.2 Å². The first-order valence-corrected chi connectivity index (χ1v) is 8.12. The van der Waals surface area contributed by atoms with Crippen LogP contribution in [0.4, 0.5) is 14.5 Å². The molecule has 2 aromatic rings. The summed E-state index contributed by atoms with van der Waals surface area (Å²) >= 11 is 3.40. The number of carbonyl (C=O) groups is 1. The van der Waals surface area contributed by atoms with Crippen molar-refractivity contribution >= 4 is 27.5 Å². The molecule has 0 bridgehead atoms. The number of anilines is 1. The number of benzene rings is 2. The molecule has 1 atom stereocenters. The monoisotopic (exact) mass is 383 g/mol. The van der Waals surface area contributed by atoms with E-state index in [1.807, 2.05) is 29.6 Å². The van der Waals surface area contributed by atoms with E-state index in [1.54, 1.807) is 0 Å². The molecule has 0 fully saturated rings. The average molecular weight is 384 g/mol. The molecule has 6 heteroatoms. The molecule has 0 spiro atoms. The quantitative estimate of drug-likeness (QED) is 0.788. The second-order valence-electron chi connectivity index (χ2n) is 5.18. The zero-order chi connectivity index (χ0) is 16.8. The predicted molar refractivity (Wildman–Crippen MR) is 89.0 cm³/mol. The molecule has 3 nitrogen and oxygen atoms in total. The summed E-state index contributed by atoms with van der Waals surface area (Å²) in [5.41, 5.74) is 1.38. The molecular weight excluding hydrogens is 366 g/mol. The Morgan fingerprint density at radius 2 is 1.87 bits per heavy atom. The Bertz CT molecular complexity index is 677. The van der Waals surface area contributed by atoms with E-state index >= 15 is 0 Å². The molecule has 0 heterocycles. The molecule has 0 aliphatic heterocycles. The van der Waals surface area contributed by atoms with Gasteiger partial charge in [-0.1, -0.05) is 35.0 Å². The smallest absolute Gasteiger partial charge is 0.279 e. The highest BCUT2D eigenvalue weighted by molar-refractivity contribution is 9.10. The van der Waals surface area contributed by atoms with Crippen molar-refractivity contribution in [1.82, 2.24) is 0 Å². The van der Waals surface area contributed by atoms with Gasteiger partial charge in [-0.25, -0.2) is 8.78 Å². The minimum atomic E-state index is -0.979. The van der Waals surface area contributed by atoms with Gasteiger partial charge in [0.05, 0.1) is 0 Å². The molecule has 0 aliphatic rings. The lowest BCUT2D eigenvalue weighted by atomic mass is 10.0. The van der Waals surface area contributed by atoms with Crippen molar-refractivity contribution in [2.24, 2.45) is 0 Å². The number of hydrogen-bond acceptors (Lipinski definition) is 1. The number of nitrogens with one attached hydrogen (secondary N) is 1. The number of halogens is 3. The molecule has 0 saturated heterocycles. The summed E-state index contributed by atoms with van der Waals surface area (Å²) in [4.78, 5) is 11.9. The van der Waals surface area contributed by atoms with Crippen LogP contribution in [0.1, 0.15) is 24.9 Å². The Hall–Kier alpha value is -1.79. The SMILES string of the molecule is CC[C@H]([NH2+]CC(=O)Nc1ccc(F)c(F)c1)c1ccc(Br)cc1. The fourth-order valence-electron chi connectivity index (χ4n) is 2.28. The third-order valence-electron chi connectivity index (χ3n) is 3.53. The normalized spacial score (nSPS) is 12.0. The van der Waals surface area contributed by atoms with Gasteiger partial charge in [-0.05, 0) is 24.3 Å². The zero-order valence-electron chi connectivity index (χ0n) is 12.7. The minimum Gasteiger partial charge on any atom is -0.332 e. The van der Waals surface area contributed by atoms with Gasteiger partial charge in [0.15, 0.2) is 18.2 Å². The third-order valence-corrected chi connectivity index (χ3v) is 4.06. The van der Waals surface area contributed by atoms with Crippen molar-refractivity contribution in [2.75, 3.05) is 11.9 Å². The lowest BCUT2D eigenvalue weighted by molar-refractivity contribution is -0.686. The molecule has 23 heavy (non-hydrogen) atoms. The molecule has 2 aromatic carbocycles. The molecule has 0 saturated carbocycles. The molecule has 0 aliphatic carbocycles. The fraction of sp³-hybridized carbons (Fsp3) is 0.235. The Balaban J connectivity index is 1.91. The van der Waals surface area contributed by atoms with Crippen molar-refractivity contribution in [1.29, 1.82) is 0 Å². The van der Waals surface area contributed by atoms with Crippen molar-refractivity contribution in [2.45, 2.75) is 19.4 Å². The molecule has 0 aromatic heterocycles. The van der Waals surface area contributed by atoms with Crippen LogP contribution in [0.5, 0.6) is 0 Å². The van der Waals surface area contributed by atoms with Crippen LogP contribution in [0.25, 0.3) is 0 Å². The molecule has 3 N–H and O–H groups in total. The Morgan fingerprint density at radius 3 is 2.48 bits per heavy atom. The van der Waals surface area contributed by atoms with E-state index in [0.29, 0.717) is 0 Å². The molecule has 1 amide bonds. The van der Waals surface area contributed by atoms with E-state index in [0.717, 1.165) is 28.6 Å². The van der Waals surface area contributed by atoms with Gasteiger partial charge < -0.3 is 10.6 Å². The van der Waals surface area contributed by atoms with Crippen LogP contribution in [0.3, 0.4) is 0 Å². The van der Waals surface area contributed by atoms with Gasteiger partial charge in [0.1, 0.15) is 6.04 Å². The maximum Gasteiger partial charge on any atom is 0.279 e. The largest absolute Gasteiger partial charge is 0.332 e. The molecule has 0 unspecified atom stereocenters. The maximum absolute atomic E-state index is 13.1. The van der Waals surface area contributed by atoms with Crippen molar-refractivity contribution in [3.8, 4) is 0 Å². The van der Waals surface area contributed by atoms with Crippen molar-refractivity contribution in [3.63, 3.8) is 0 Å². The Kier molecular flexibility index (Phi) is 6.24. The number of quaternary nitrogens is 1. The lowest BCUT2D eigenvalue weighted by Crippen LogP contribution is -2.87. The summed E-state index contributed by atoms with van der Waals surface area (Å²) in [7, 11) is 0. The van der Waals surface area contributed by atoms with Gasteiger partial charge in [-0.2, -0.15) is 0 Å². The highest BCUT2D eigenvalue weighted by atomic mass is 79.9. The van der Waals surface area contributed by atoms with Gasteiger partial charge >= 0.3 is 0 Å². The summed E-state index contributed by atoms with van der Waals surface area (Å²) in [5.74, 6) is -2.17. The van der Waals surface area contributed by atoms with Crippen LogP contribution >= 0.6 is 15.9 Å². The summed E-state index contributed by atoms with van der Waals surface area (Å²) in [6, 6.07) is 11.4. The summed E-state index contributed by atoms with van der Waals surface area (Å²) in [6.07, 6.45) is 0.875. The van der Waals surface area contributed by atoms with Gasteiger partial charge in [-0.3, -0.25) is 4.79 Å². The Morgan fingerprint density at radius 1 is 1.17 bits per heavy atom. The van der Waals surface area contributed by atoms with Crippen LogP contribution in [0.2, 0.25) is 0 Å². The first-order valence-electron chi connectivity index (χ1n) is 7.33. The zero-order valence-corrected chi connectivity index (χ0v) is 14.2. The number of rotatable bonds is 6. The van der Waals surface area contributed by atoms with Gasteiger partial charge in [-0.15, -0.1) is 0 Å². The van der Waals surface area contributed by atoms with Crippen LogP contribution < -0.4 is 10.6 Å². The molecular formula is C17H18BrF2N2O+. The standard InChI is InChI=1S/C17H17BrF2N2O/c1-2-16(11-3-5-12(18)6-4-11)21-10-17(23)22-13-7-8-14(19)15(20)9-13/h3-9,16,21H,2,10H2,1H3,(H,22,23)/p+1/t16-/m0/s1. The first kappa shape index (κ1) is 17.6. The number of hydrogen-bond donors (Lipinski definition) is 2. The fourth-order valence-corrected chi connectivity index (χ4v) is 2.55. The third kappa shape index (κ3) is 5.11. The van der Waals surface area contributed by atoms with Crippen LogP contribution in [0.15, 0.2) is 46.9 Å². The summed E-state index contributed by atoms with van der Waals surface area (Å²) in [5, 5.41) is 4.49. The lowest BCUT2D eigenvalue weighted by Gasteiger charge is -2.14. The van der Waals surface area contributed by atoms with Gasteiger partial charge in [0.25, 0.3) is 5.91 Å². The van der Waals surface area contributed by atoms with E-state index < -0.39 is 11.6 Å². The molecule has 122 valence electrons. The average Bonchev–Trinajstić information content (AvgIpc) is 2.53. The summed E-state index contributed by atoms with van der Waals surface area (Å²) in [6.45, 7) is 2.25. The molecule has 0 radical (unpaired) electrons. The van der Waals surface area contributed by atoms with E-state index in [-0.39, 0.29) is 24.2 Å².